The maximum Gasteiger partial charge on any atom is 0.119 e. The molecular weight excluding hydrogens is 244 g/mol. The first-order valence-electron chi connectivity index (χ1n) is 6.74. The third-order valence-electron chi connectivity index (χ3n) is 3.50. The number of rotatable bonds is 3. The number of ether oxygens (including phenoxy) is 1. The molecular formula is C14H24N2OS. The van der Waals surface area contributed by atoms with Gasteiger partial charge in [0.2, 0.25) is 0 Å². The van der Waals surface area contributed by atoms with Crippen molar-refractivity contribution in [2.45, 2.75) is 52.2 Å². The fourth-order valence-electron chi connectivity index (χ4n) is 2.08. The zero-order chi connectivity index (χ0) is 13.2. The van der Waals surface area contributed by atoms with Crippen LogP contribution in [0.1, 0.15) is 44.8 Å². The van der Waals surface area contributed by atoms with Gasteiger partial charge in [-0.05, 0) is 18.9 Å². The monoisotopic (exact) mass is 268 g/mol. The van der Waals surface area contributed by atoms with E-state index in [0.717, 1.165) is 18.1 Å². The molecule has 0 bridgehead atoms. The van der Waals surface area contributed by atoms with E-state index < -0.39 is 0 Å². The Kier molecular flexibility index (Phi) is 4.41. The van der Waals surface area contributed by atoms with Crippen molar-refractivity contribution in [1.82, 2.24) is 10.3 Å². The van der Waals surface area contributed by atoms with Gasteiger partial charge in [0.25, 0.3) is 0 Å². The largest absolute Gasteiger partial charge is 0.369 e. The fraction of sp³-hybridized carbons (Fsp3) is 0.786. The van der Waals surface area contributed by atoms with Crippen LogP contribution in [0, 0.1) is 5.92 Å². The summed E-state index contributed by atoms with van der Waals surface area (Å²) in [7, 11) is 0. The maximum absolute atomic E-state index is 5.99. The average Bonchev–Trinajstić information content (AvgIpc) is 2.76. The molecule has 2 atom stereocenters. The summed E-state index contributed by atoms with van der Waals surface area (Å²) in [5.74, 6) is 0.647. The molecule has 0 aliphatic carbocycles. The van der Waals surface area contributed by atoms with Crippen molar-refractivity contribution < 1.29 is 4.74 Å². The standard InChI is InChI=1S/C14H24N2OS/c1-10-5-6-15-7-11(10)17-8-13-16-12(9-18-13)14(2,3)4/h9-11,15H,5-8H2,1-4H3. The van der Waals surface area contributed by atoms with Crippen molar-refractivity contribution in [3.63, 3.8) is 0 Å². The highest BCUT2D eigenvalue weighted by atomic mass is 32.1. The van der Waals surface area contributed by atoms with E-state index in [9.17, 15) is 0 Å². The molecule has 1 aromatic rings. The Bertz CT molecular complexity index is 383. The molecule has 0 saturated carbocycles. The van der Waals surface area contributed by atoms with Gasteiger partial charge in [-0.1, -0.05) is 27.7 Å². The van der Waals surface area contributed by atoms with Crippen LogP contribution in [0.15, 0.2) is 5.38 Å². The van der Waals surface area contributed by atoms with E-state index in [2.05, 4.69) is 43.4 Å². The minimum absolute atomic E-state index is 0.133. The van der Waals surface area contributed by atoms with E-state index in [4.69, 9.17) is 4.74 Å². The van der Waals surface area contributed by atoms with Crippen LogP contribution in [0.2, 0.25) is 0 Å². The van der Waals surface area contributed by atoms with Gasteiger partial charge in [-0.25, -0.2) is 4.98 Å². The SMILES string of the molecule is CC1CCNCC1OCc1nc(C(C)(C)C)cs1. The second-order valence-corrected chi connectivity index (χ2v) is 7.14. The molecule has 3 nitrogen and oxygen atoms in total. The highest BCUT2D eigenvalue weighted by Crippen LogP contribution is 2.25. The zero-order valence-electron chi connectivity index (χ0n) is 11.8. The molecule has 2 rings (SSSR count). The highest BCUT2D eigenvalue weighted by Gasteiger charge is 2.22. The van der Waals surface area contributed by atoms with Crippen LogP contribution < -0.4 is 5.32 Å². The van der Waals surface area contributed by atoms with Crippen molar-refractivity contribution >= 4 is 11.3 Å². The second kappa shape index (κ2) is 5.68. The van der Waals surface area contributed by atoms with Gasteiger partial charge in [0.05, 0.1) is 18.4 Å². The number of nitrogens with one attached hydrogen (secondary N) is 1. The summed E-state index contributed by atoms with van der Waals surface area (Å²) in [5.41, 5.74) is 1.30. The van der Waals surface area contributed by atoms with Crippen LogP contribution in [0.3, 0.4) is 0 Å². The van der Waals surface area contributed by atoms with E-state index in [-0.39, 0.29) is 5.41 Å². The summed E-state index contributed by atoms with van der Waals surface area (Å²) in [6.45, 7) is 11.6. The van der Waals surface area contributed by atoms with Crippen LogP contribution >= 0.6 is 11.3 Å². The number of aromatic nitrogens is 1. The molecule has 1 saturated heterocycles. The van der Waals surface area contributed by atoms with Crippen LogP contribution in [-0.2, 0) is 16.8 Å². The summed E-state index contributed by atoms with van der Waals surface area (Å²) < 4.78 is 5.99. The summed E-state index contributed by atoms with van der Waals surface area (Å²) in [6, 6.07) is 0. The quantitative estimate of drug-likeness (QED) is 0.915. The maximum atomic E-state index is 5.99. The summed E-state index contributed by atoms with van der Waals surface area (Å²) in [5, 5.41) is 6.64. The molecule has 1 fully saturated rings. The van der Waals surface area contributed by atoms with Crippen molar-refractivity contribution in [1.29, 1.82) is 0 Å². The molecule has 2 unspecified atom stereocenters. The minimum Gasteiger partial charge on any atom is -0.369 e. The Hall–Kier alpha value is -0.450. The van der Waals surface area contributed by atoms with Gasteiger partial charge in [-0.15, -0.1) is 11.3 Å². The van der Waals surface area contributed by atoms with E-state index in [1.165, 1.54) is 12.1 Å². The second-order valence-electron chi connectivity index (χ2n) is 6.20. The van der Waals surface area contributed by atoms with E-state index in [1.54, 1.807) is 11.3 Å². The first-order valence-corrected chi connectivity index (χ1v) is 7.62. The molecule has 0 amide bonds. The Balaban J connectivity index is 1.88. The lowest BCUT2D eigenvalue weighted by molar-refractivity contribution is -0.00670. The van der Waals surface area contributed by atoms with Gasteiger partial charge in [0.15, 0.2) is 0 Å². The molecule has 1 aliphatic rings. The lowest BCUT2D eigenvalue weighted by atomic mass is 9.93. The third-order valence-corrected chi connectivity index (χ3v) is 4.32. The van der Waals surface area contributed by atoms with Crippen LogP contribution in [0.5, 0.6) is 0 Å². The van der Waals surface area contributed by atoms with E-state index >= 15 is 0 Å². The highest BCUT2D eigenvalue weighted by molar-refractivity contribution is 7.09. The van der Waals surface area contributed by atoms with Gasteiger partial charge in [-0.3, -0.25) is 0 Å². The number of thiazole rings is 1. The molecule has 0 radical (unpaired) electrons. The molecule has 102 valence electrons. The Morgan fingerprint density at radius 2 is 2.28 bits per heavy atom. The van der Waals surface area contributed by atoms with Crippen LogP contribution in [-0.4, -0.2) is 24.2 Å². The lowest BCUT2D eigenvalue weighted by Gasteiger charge is -2.29. The van der Waals surface area contributed by atoms with Crippen molar-refractivity contribution in [2.75, 3.05) is 13.1 Å². The first kappa shape index (κ1) is 14.0. The third kappa shape index (κ3) is 3.53. The topological polar surface area (TPSA) is 34.1 Å². The van der Waals surface area contributed by atoms with Crippen molar-refractivity contribution in [3.05, 3.63) is 16.1 Å². The fourth-order valence-corrected chi connectivity index (χ4v) is 3.03. The number of hydrogen-bond donors (Lipinski definition) is 1. The smallest absolute Gasteiger partial charge is 0.119 e. The van der Waals surface area contributed by atoms with Gasteiger partial charge < -0.3 is 10.1 Å². The molecule has 2 heterocycles. The average molecular weight is 268 g/mol. The molecule has 1 aromatic heterocycles. The predicted molar refractivity (Wildman–Crippen MR) is 76.0 cm³/mol. The van der Waals surface area contributed by atoms with E-state index in [1.807, 2.05) is 0 Å². The molecule has 4 heteroatoms. The van der Waals surface area contributed by atoms with Crippen molar-refractivity contribution in [3.8, 4) is 0 Å². The summed E-state index contributed by atoms with van der Waals surface area (Å²) in [4.78, 5) is 4.66. The summed E-state index contributed by atoms with van der Waals surface area (Å²) in [6.07, 6.45) is 1.54. The molecule has 18 heavy (non-hydrogen) atoms. The zero-order valence-corrected chi connectivity index (χ0v) is 12.6. The Labute approximate surface area is 114 Å². The Morgan fingerprint density at radius 1 is 1.50 bits per heavy atom. The molecule has 0 aromatic carbocycles. The van der Waals surface area contributed by atoms with Crippen LogP contribution in [0.25, 0.3) is 0 Å². The number of hydrogen-bond acceptors (Lipinski definition) is 4. The molecule has 1 N–H and O–H groups in total. The first-order chi connectivity index (χ1) is 8.47. The normalized spacial score (nSPS) is 25.3. The predicted octanol–water partition coefficient (Wildman–Crippen LogP) is 2.96. The number of nitrogens with zero attached hydrogens (tertiary/aromatic N) is 1. The van der Waals surface area contributed by atoms with E-state index in [0.29, 0.717) is 18.6 Å². The van der Waals surface area contributed by atoms with Crippen LogP contribution in [0.4, 0.5) is 0 Å². The summed E-state index contributed by atoms with van der Waals surface area (Å²) >= 11 is 1.71. The van der Waals surface area contributed by atoms with Crippen molar-refractivity contribution in [2.24, 2.45) is 5.92 Å². The van der Waals surface area contributed by atoms with Gasteiger partial charge >= 0.3 is 0 Å². The minimum atomic E-state index is 0.133. The molecule has 1 aliphatic heterocycles. The molecule has 0 spiro atoms. The van der Waals surface area contributed by atoms with Gasteiger partial charge in [0.1, 0.15) is 5.01 Å². The van der Waals surface area contributed by atoms with Gasteiger partial charge in [0, 0.05) is 17.3 Å². The van der Waals surface area contributed by atoms with Gasteiger partial charge in [-0.2, -0.15) is 0 Å². The Morgan fingerprint density at radius 3 is 2.89 bits per heavy atom. The number of piperidine rings is 1. The lowest BCUT2D eigenvalue weighted by Crippen LogP contribution is -2.40.